The number of halogens is 12. The summed E-state index contributed by atoms with van der Waals surface area (Å²) >= 11 is 10.5. The van der Waals surface area contributed by atoms with Gasteiger partial charge in [-0.3, -0.25) is 4.99 Å². The molecule has 7 nitrogen and oxygen atoms in total. The predicted molar refractivity (Wildman–Crippen MR) is 201 cm³/mol. The lowest BCUT2D eigenvalue weighted by Crippen LogP contribution is -2.93. The van der Waals surface area contributed by atoms with Crippen LogP contribution in [0.5, 0.6) is 0 Å². The van der Waals surface area contributed by atoms with E-state index in [-0.39, 0.29) is 40.3 Å². The summed E-state index contributed by atoms with van der Waals surface area (Å²) < 4.78 is 162. The van der Waals surface area contributed by atoms with Crippen molar-refractivity contribution in [3.8, 4) is 0 Å². The molecule has 6 N–H and O–H groups in total. The zero-order chi connectivity index (χ0) is 42.9. The third kappa shape index (κ3) is 15.6. The minimum Gasteiger partial charge on any atom is -0.743 e. The van der Waals surface area contributed by atoms with Crippen LogP contribution in [0, 0.1) is 11.8 Å². The number of benzene rings is 2. The maximum Gasteiger partial charge on any atom is 0.440 e. The van der Waals surface area contributed by atoms with Crippen LogP contribution >= 0.6 is 12.2 Å². The number of nitrogens with two attached hydrogens (primary N) is 1. The van der Waals surface area contributed by atoms with Gasteiger partial charge in [0.2, 0.25) is 0 Å². The van der Waals surface area contributed by atoms with Gasteiger partial charge in [-0.1, -0.05) is 27.7 Å². The molecule has 1 fully saturated rings. The Labute approximate surface area is 333 Å². The van der Waals surface area contributed by atoms with E-state index in [1.54, 1.807) is 0 Å². The molecule has 2 atom stereocenters. The second-order valence-electron chi connectivity index (χ2n) is 14.3. The highest BCUT2D eigenvalue weighted by Crippen LogP contribution is 2.39. The summed E-state index contributed by atoms with van der Waals surface area (Å²) in [5.74, 6) is 0.680. The number of anilines is 2. The highest BCUT2D eigenvalue weighted by atomic mass is 32.1. The molecule has 57 heavy (non-hydrogen) atoms. The Morgan fingerprint density at radius 2 is 1.16 bits per heavy atom. The second-order valence-corrected chi connectivity index (χ2v) is 15.1. The summed E-state index contributed by atoms with van der Waals surface area (Å²) in [6, 6.07) is 1.45. The molecule has 0 unspecified atom stereocenters. The monoisotopic (exact) mass is 868 g/mol. The van der Waals surface area contributed by atoms with Crippen molar-refractivity contribution in [2.24, 2.45) is 16.8 Å². The van der Waals surface area contributed by atoms with Gasteiger partial charge in [0.15, 0.2) is 5.11 Å². The molecule has 1 aliphatic rings. The number of guanidine groups is 1. The minimum absolute atomic E-state index is 0.0240. The number of alkyl halides is 12. The summed E-state index contributed by atoms with van der Waals surface area (Å²) in [5.41, 5.74) is -6.90. The molecule has 320 valence electrons. The van der Waals surface area contributed by atoms with Crippen LogP contribution in [-0.4, -0.2) is 59.1 Å². The lowest BCUT2D eigenvalue weighted by molar-refractivity contribution is -0.645. The SMILES string of the molecule is CC(C)[C@@H](CCNC([NH2+]CC[C@@H](NC(=S)Nc1cc(C(F)(F)F)cc(C(F)(F)F)c1)C(C)C)=[N+]1CCCCC1)N=C([S-])Nc1cc(C(F)(F)F)cc(C(F)(F)F)c1. The smallest absolute Gasteiger partial charge is 0.440 e. The molecular weight excluding hydrogens is 823 g/mol. The fourth-order valence-corrected chi connectivity index (χ4v) is 6.53. The van der Waals surface area contributed by atoms with Gasteiger partial charge < -0.3 is 28.6 Å². The van der Waals surface area contributed by atoms with Crippen molar-refractivity contribution < 1.29 is 62.6 Å². The Bertz CT molecular complexity index is 1650. The average Bonchev–Trinajstić information content (AvgIpc) is 3.08. The van der Waals surface area contributed by atoms with Gasteiger partial charge in [-0.15, -0.1) is 0 Å². The zero-order valence-corrected chi connectivity index (χ0v) is 33.1. The third-order valence-electron chi connectivity index (χ3n) is 9.12. The van der Waals surface area contributed by atoms with E-state index in [0.717, 1.165) is 38.3 Å². The topological polar surface area (TPSA) is 80.1 Å². The molecule has 0 saturated carbocycles. The Hall–Kier alpha value is -3.59. The number of amidine groups is 1. The molecule has 1 saturated heterocycles. The Morgan fingerprint density at radius 3 is 1.58 bits per heavy atom. The molecular formula is C36H46F12N7S2+. The van der Waals surface area contributed by atoms with Crippen LogP contribution < -0.4 is 26.6 Å². The number of nitrogens with one attached hydrogen (secondary N) is 4. The predicted octanol–water partition coefficient (Wildman–Crippen LogP) is 8.60. The first kappa shape index (κ1) is 47.8. The van der Waals surface area contributed by atoms with Crippen molar-refractivity contribution in [3.05, 3.63) is 58.7 Å². The molecule has 0 radical (unpaired) electrons. The lowest BCUT2D eigenvalue weighted by Gasteiger charge is -2.24. The van der Waals surface area contributed by atoms with Crippen molar-refractivity contribution >= 4 is 52.5 Å². The maximum atomic E-state index is 13.4. The van der Waals surface area contributed by atoms with Gasteiger partial charge in [0.1, 0.15) is 0 Å². The quantitative estimate of drug-likeness (QED) is 0.0368. The van der Waals surface area contributed by atoms with Gasteiger partial charge in [0.05, 0.1) is 54.5 Å². The first-order valence-electron chi connectivity index (χ1n) is 18.1. The van der Waals surface area contributed by atoms with Crippen molar-refractivity contribution in [1.82, 2.24) is 10.6 Å². The molecule has 0 aliphatic carbocycles. The van der Waals surface area contributed by atoms with Crippen LogP contribution in [0.4, 0.5) is 64.1 Å². The molecule has 21 heteroatoms. The molecule has 1 heterocycles. The van der Waals surface area contributed by atoms with E-state index < -0.39 is 64.4 Å². The van der Waals surface area contributed by atoms with Crippen molar-refractivity contribution in [1.29, 1.82) is 0 Å². The molecule has 1 aliphatic heterocycles. The Morgan fingerprint density at radius 1 is 0.702 bits per heavy atom. The van der Waals surface area contributed by atoms with Crippen molar-refractivity contribution in [2.75, 3.05) is 36.8 Å². The summed E-state index contributed by atoms with van der Waals surface area (Å²) in [6.07, 6.45) is -16.2. The van der Waals surface area contributed by atoms with Gasteiger partial charge in [-0.05, 0) is 84.9 Å². The van der Waals surface area contributed by atoms with Gasteiger partial charge in [0.25, 0.3) is 0 Å². The van der Waals surface area contributed by atoms with Gasteiger partial charge in [0, 0.05) is 30.3 Å². The van der Waals surface area contributed by atoms with E-state index in [9.17, 15) is 52.7 Å². The molecule has 2 aromatic rings. The zero-order valence-electron chi connectivity index (χ0n) is 31.5. The minimum atomic E-state index is -5.03. The summed E-state index contributed by atoms with van der Waals surface area (Å²) in [5, 5.41) is 12.9. The van der Waals surface area contributed by atoms with E-state index >= 15 is 0 Å². The van der Waals surface area contributed by atoms with Gasteiger partial charge in [-0.2, -0.15) is 52.7 Å². The fourth-order valence-electron chi connectivity index (χ4n) is 6.01. The van der Waals surface area contributed by atoms with E-state index in [0.29, 0.717) is 50.2 Å². The standard InChI is InChI=1S/C36H45F12N7S2/c1-20(2)28(53-31(56)51-26-16-22(33(37,38)39)14-23(17-26)34(40,41)42)8-10-49-30(55-12-6-5-7-13-55)50-11-9-29(21(3)4)54-32(57)52-27-18-24(35(43,44)45)15-25(19-27)36(46,47)48/h14-21,28-29H,5-13H2,1-4H3,(H5,49,50,51,52,53,54,56,57)/p+1/t28-,29-/m1/s1. The Balaban J connectivity index is 1.68. The van der Waals surface area contributed by atoms with Crippen LogP contribution in [0.2, 0.25) is 0 Å². The maximum absolute atomic E-state index is 13.4. The highest BCUT2D eigenvalue weighted by molar-refractivity contribution is 7.80. The van der Waals surface area contributed by atoms with E-state index in [2.05, 4.69) is 30.8 Å². The number of thiocarbonyl (C=S) groups is 1. The largest absolute Gasteiger partial charge is 0.743 e. The number of hydrogen-bond acceptors (Lipinski definition) is 3. The van der Waals surface area contributed by atoms with Crippen LogP contribution in [0.1, 0.15) is 82.1 Å². The number of aliphatic imine (C=N–C) groups is 1. The van der Waals surface area contributed by atoms with Crippen LogP contribution in [0.3, 0.4) is 0 Å². The van der Waals surface area contributed by atoms with Crippen molar-refractivity contribution in [3.63, 3.8) is 0 Å². The summed E-state index contributed by atoms with van der Waals surface area (Å²) in [6.45, 7) is 9.91. The third-order valence-corrected chi connectivity index (χ3v) is 9.54. The summed E-state index contributed by atoms with van der Waals surface area (Å²) in [4.78, 5) is 4.41. The molecule has 3 rings (SSSR count). The lowest BCUT2D eigenvalue weighted by atomic mass is 10.0. The molecule has 0 aromatic heterocycles. The van der Waals surface area contributed by atoms with Gasteiger partial charge >= 0.3 is 30.7 Å². The second kappa shape index (κ2) is 19.9. The fraction of sp³-hybridized carbons (Fsp3) is 0.583. The normalized spacial score (nSPS) is 15.8. The summed E-state index contributed by atoms with van der Waals surface area (Å²) in [7, 11) is 0. The molecule has 0 spiro atoms. The molecule has 0 amide bonds. The number of quaternary nitrogens is 1. The number of rotatable bonds is 12. The van der Waals surface area contributed by atoms with E-state index in [1.165, 1.54) is 0 Å². The number of piperidine rings is 1. The van der Waals surface area contributed by atoms with Gasteiger partial charge in [-0.25, -0.2) is 15.2 Å². The Kier molecular flexibility index (Phi) is 16.7. The first-order valence-corrected chi connectivity index (χ1v) is 18.9. The van der Waals surface area contributed by atoms with E-state index in [1.807, 2.05) is 33.0 Å². The molecule has 2 aromatic carbocycles. The van der Waals surface area contributed by atoms with Crippen molar-refractivity contribution in [2.45, 2.75) is 96.6 Å². The molecule has 0 bridgehead atoms. The number of hydrogen-bond donors (Lipinski definition) is 5. The first-order chi connectivity index (χ1) is 26.2. The van der Waals surface area contributed by atoms with Crippen LogP contribution in [0.15, 0.2) is 41.4 Å². The van der Waals surface area contributed by atoms with E-state index in [4.69, 9.17) is 24.8 Å². The average molecular weight is 869 g/mol. The van der Waals surface area contributed by atoms with Crippen LogP contribution in [0.25, 0.3) is 0 Å². The highest BCUT2D eigenvalue weighted by Gasteiger charge is 2.38. The number of nitrogens with zero attached hydrogens (tertiary/aromatic N) is 2. The van der Waals surface area contributed by atoms with Crippen LogP contribution in [-0.2, 0) is 37.3 Å².